The summed E-state index contributed by atoms with van der Waals surface area (Å²) in [6.07, 6.45) is 1.20. The second-order valence-corrected chi connectivity index (χ2v) is 12.0. The summed E-state index contributed by atoms with van der Waals surface area (Å²) in [4.78, 5) is 8.70. The molecule has 8 rings (SSSR count). The van der Waals surface area contributed by atoms with Gasteiger partial charge in [0.1, 0.15) is 5.58 Å². The van der Waals surface area contributed by atoms with Crippen LogP contribution in [0.5, 0.6) is 0 Å². The average molecular weight is 788 g/mol. The third-order valence-corrected chi connectivity index (χ3v) is 7.61. The Bertz CT molecular complexity index is 2710. The first kappa shape index (κ1) is 20.7. The van der Waals surface area contributed by atoms with E-state index in [2.05, 4.69) is 28.2 Å². The van der Waals surface area contributed by atoms with Gasteiger partial charge in [0, 0.05) is 53.0 Å². The van der Waals surface area contributed by atoms with Crippen LogP contribution in [0.2, 0.25) is 0 Å². The van der Waals surface area contributed by atoms with Crippen molar-refractivity contribution in [3.8, 4) is 22.5 Å². The van der Waals surface area contributed by atoms with Crippen LogP contribution in [0, 0.1) is 38.1 Å². The van der Waals surface area contributed by atoms with Crippen molar-refractivity contribution >= 4 is 43.5 Å². The maximum Gasteiger partial charge on any atom is 0.121 e. The molecule has 3 nitrogen and oxygen atoms in total. The second-order valence-electron chi connectivity index (χ2n) is 12.0. The van der Waals surface area contributed by atoms with Crippen molar-refractivity contribution < 1.29 is 39.6 Å². The van der Waals surface area contributed by atoms with Gasteiger partial charge < -0.3 is 14.4 Å². The number of benzene rings is 5. The molecule has 0 saturated heterocycles. The summed E-state index contributed by atoms with van der Waals surface area (Å²) in [5, 5.41) is 5.84. The van der Waals surface area contributed by atoms with E-state index in [0.717, 1.165) is 44.1 Å². The van der Waals surface area contributed by atoms with Crippen LogP contribution in [-0.2, 0) is 26.5 Å². The van der Waals surface area contributed by atoms with E-state index in [0.29, 0.717) is 33.7 Å². The Morgan fingerprint density at radius 3 is 2.22 bits per heavy atom. The molecule has 3 aromatic heterocycles. The summed E-state index contributed by atoms with van der Waals surface area (Å²) >= 11 is 0. The number of aromatic nitrogens is 2. The average Bonchev–Trinajstić information content (AvgIpc) is 3.52. The second kappa shape index (κ2) is 12.4. The minimum atomic E-state index is -2.60. The Morgan fingerprint density at radius 2 is 1.50 bits per heavy atom. The number of aryl methyl sites for hydroxylation is 3. The van der Waals surface area contributed by atoms with Gasteiger partial charge in [-0.25, -0.2) is 0 Å². The number of rotatable bonds is 3. The van der Waals surface area contributed by atoms with E-state index in [1.54, 1.807) is 30.3 Å². The molecule has 46 heavy (non-hydrogen) atoms. The zero-order chi connectivity index (χ0) is 40.6. The zero-order valence-corrected chi connectivity index (χ0v) is 27.8. The molecule has 4 heteroatoms. The van der Waals surface area contributed by atoms with Gasteiger partial charge in [0.05, 0.1) is 5.58 Å². The van der Waals surface area contributed by atoms with E-state index in [4.69, 9.17) is 19.5 Å². The van der Waals surface area contributed by atoms with Crippen LogP contribution < -0.4 is 0 Å². The van der Waals surface area contributed by atoms with Gasteiger partial charge in [0.25, 0.3) is 0 Å². The quantitative estimate of drug-likeness (QED) is 0.132. The normalized spacial score (nSPS) is 16.3. The molecule has 8 aromatic rings. The van der Waals surface area contributed by atoms with Crippen LogP contribution in [0.3, 0.4) is 0 Å². The summed E-state index contributed by atoms with van der Waals surface area (Å²) in [5.74, 6) is 0. The van der Waals surface area contributed by atoms with E-state index >= 15 is 0 Å². The Hall–Kier alpha value is -4.37. The Labute approximate surface area is 299 Å². The van der Waals surface area contributed by atoms with Crippen LogP contribution >= 0.6 is 0 Å². The molecular weight excluding hydrogens is 741 g/mol. The molecule has 0 saturated carbocycles. The maximum absolute atomic E-state index is 8.25. The molecule has 1 radical (unpaired) electrons. The smallest absolute Gasteiger partial charge is 0.121 e. The number of nitrogens with zero attached hydrogens (tertiary/aromatic N) is 2. The molecule has 0 N–H and O–H groups in total. The fourth-order valence-corrected chi connectivity index (χ4v) is 5.72. The number of pyridine rings is 2. The third-order valence-electron chi connectivity index (χ3n) is 7.61. The standard InChI is InChI=1S/C25H16NO.C17H20N.Ir/c1-14-12-20(26-13-15(14)2)19-10-11-22-25-23(19)17-7-4-3-6-16(17)18-8-5-9-21(27-22)24(18)25;1-13-5-8-15(9-6-13)16-10-7-14(12-18-16)11-17(2,3)4;/h3-9,11-13H,1-2H3;5-8,10,12H,11H2,1-4H3;/q2*-1;/i1D3,2D3;1D3,11D2;. The first-order valence-corrected chi connectivity index (χ1v) is 14.6. The molecule has 0 aliphatic carbocycles. The van der Waals surface area contributed by atoms with Crippen molar-refractivity contribution in [2.24, 2.45) is 5.41 Å². The summed E-state index contributed by atoms with van der Waals surface area (Å²) in [7, 11) is 0. The van der Waals surface area contributed by atoms with Crippen LogP contribution in [-0.4, -0.2) is 9.97 Å². The number of hydrogen-bond acceptors (Lipinski definition) is 3. The van der Waals surface area contributed by atoms with Crippen LogP contribution in [0.4, 0.5) is 0 Å². The molecular formula is C42H36IrN2O-2. The van der Waals surface area contributed by atoms with Crippen LogP contribution in [0.1, 0.15) is 58.1 Å². The predicted molar refractivity (Wildman–Crippen MR) is 188 cm³/mol. The SMILES string of the molecule is [2H]C([2H])([2H])c1c[c-]c(-c2ccc(C([2H])([2H])C(C)(C)C)cn2)cc1.[2H]C([2H])([2H])c1cnc(-c2[c-]cc3oc4cccc5c6ccccc6c2c3c45)cc1C([2H])([2H])[2H].[Ir]. The van der Waals surface area contributed by atoms with E-state index in [-0.39, 0.29) is 36.8 Å². The van der Waals surface area contributed by atoms with Crippen molar-refractivity contribution in [1.82, 2.24) is 9.97 Å². The predicted octanol–water partition coefficient (Wildman–Crippen LogP) is 11.3. The number of furan rings is 1. The largest absolute Gasteiger partial charge is 0.500 e. The van der Waals surface area contributed by atoms with Gasteiger partial charge in [0.15, 0.2) is 0 Å². The molecule has 0 fully saturated rings. The van der Waals surface area contributed by atoms with Gasteiger partial charge in [-0.2, -0.15) is 0 Å². The Kier molecular flexibility index (Phi) is 5.59. The van der Waals surface area contributed by atoms with Crippen LogP contribution in [0.15, 0.2) is 102 Å². The van der Waals surface area contributed by atoms with E-state index in [1.807, 2.05) is 57.2 Å². The van der Waals surface area contributed by atoms with E-state index < -0.39 is 32.3 Å². The number of hydrogen-bond donors (Lipinski definition) is 0. The first-order valence-electron chi connectivity index (χ1n) is 20.1. The molecule has 3 heterocycles. The van der Waals surface area contributed by atoms with Gasteiger partial charge in [-0.3, -0.25) is 0 Å². The van der Waals surface area contributed by atoms with E-state index in [1.165, 1.54) is 18.3 Å². The minimum Gasteiger partial charge on any atom is -0.500 e. The topological polar surface area (TPSA) is 38.9 Å². The van der Waals surface area contributed by atoms with Gasteiger partial charge in [0.2, 0.25) is 0 Å². The fourth-order valence-electron chi connectivity index (χ4n) is 5.72. The van der Waals surface area contributed by atoms with Gasteiger partial charge in [-0.1, -0.05) is 98.6 Å². The molecule has 0 unspecified atom stereocenters. The van der Waals surface area contributed by atoms with Gasteiger partial charge >= 0.3 is 0 Å². The summed E-state index contributed by atoms with van der Waals surface area (Å²) < 4.78 is 91.7. The monoisotopic (exact) mass is 788 g/mol. The number of fused-ring (bicyclic) bond motifs is 3. The van der Waals surface area contributed by atoms with Crippen molar-refractivity contribution in [2.75, 3.05) is 0 Å². The summed E-state index contributed by atoms with van der Waals surface area (Å²) in [5.41, 5.74) is 3.45. The van der Waals surface area contributed by atoms with Gasteiger partial charge in [-0.05, 0) is 70.2 Å². The Morgan fingerprint density at radius 1 is 0.717 bits per heavy atom. The molecule has 0 aliphatic heterocycles. The minimum absolute atomic E-state index is 0. The molecule has 0 spiro atoms. The molecule has 0 aliphatic rings. The Balaban J connectivity index is 0.000000203. The van der Waals surface area contributed by atoms with Crippen molar-refractivity contribution in [2.45, 2.75) is 47.7 Å². The molecule has 231 valence electrons. The van der Waals surface area contributed by atoms with Crippen molar-refractivity contribution in [1.29, 1.82) is 0 Å². The third kappa shape index (κ3) is 5.96. The summed E-state index contributed by atoms with van der Waals surface area (Å²) in [6.45, 7) is -1.78. The fraction of sp³-hybridized carbons (Fsp3) is 0.190. The maximum atomic E-state index is 8.25. The van der Waals surface area contributed by atoms with Crippen molar-refractivity contribution in [3.05, 3.63) is 132 Å². The molecule has 5 aromatic carbocycles. The first-order chi connectivity index (χ1) is 26.1. The van der Waals surface area contributed by atoms with Crippen LogP contribution in [0.25, 0.3) is 66.0 Å². The molecule has 0 bridgehead atoms. The van der Waals surface area contributed by atoms with E-state index in [9.17, 15) is 0 Å². The van der Waals surface area contributed by atoms with Gasteiger partial charge in [-0.15, -0.1) is 53.1 Å². The summed E-state index contributed by atoms with van der Waals surface area (Å²) in [6, 6.07) is 31.3. The molecule has 0 atom stereocenters. The molecule has 0 amide bonds. The zero-order valence-electron chi connectivity index (χ0n) is 36.4. The van der Waals surface area contributed by atoms with Crippen molar-refractivity contribution in [3.63, 3.8) is 0 Å².